The van der Waals surface area contributed by atoms with Crippen molar-refractivity contribution in [3.8, 4) is 5.75 Å². The SMILES string of the molecule is CCN(Cc1cc2ccc(OC)cc2nc1NC)C(C)C. The zero-order chi connectivity index (χ0) is 15.4. The molecule has 0 aliphatic heterocycles. The van der Waals surface area contributed by atoms with Crippen LogP contribution < -0.4 is 10.1 Å². The molecule has 1 aromatic carbocycles. The van der Waals surface area contributed by atoms with E-state index in [0.29, 0.717) is 6.04 Å². The van der Waals surface area contributed by atoms with E-state index in [-0.39, 0.29) is 0 Å². The van der Waals surface area contributed by atoms with Gasteiger partial charge in [0.25, 0.3) is 0 Å². The molecule has 21 heavy (non-hydrogen) atoms. The van der Waals surface area contributed by atoms with Crippen LogP contribution in [0.5, 0.6) is 5.75 Å². The van der Waals surface area contributed by atoms with E-state index in [1.807, 2.05) is 19.2 Å². The highest BCUT2D eigenvalue weighted by Gasteiger charge is 2.12. The summed E-state index contributed by atoms with van der Waals surface area (Å²) in [5, 5.41) is 4.36. The third kappa shape index (κ3) is 3.45. The van der Waals surface area contributed by atoms with E-state index in [0.717, 1.165) is 35.6 Å². The van der Waals surface area contributed by atoms with E-state index < -0.39 is 0 Å². The van der Waals surface area contributed by atoms with Gasteiger partial charge in [-0.3, -0.25) is 4.90 Å². The molecule has 0 spiro atoms. The standard InChI is InChI=1S/C17H25N3O/c1-6-20(12(2)3)11-14-9-13-7-8-15(21-5)10-16(13)19-17(14)18-4/h7-10,12H,6,11H2,1-5H3,(H,18,19). The molecule has 0 saturated carbocycles. The highest BCUT2D eigenvalue weighted by molar-refractivity contribution is 5.83. The van der Waals surface area contributed by atoms with Gasteiger partial charge in [-0.2, -0.15) is 0 Å². The second kappa shape index (κ2) is 6.76. The minimum atomic E-state index is 0.520. The Labute approximate surface area is 127 Å². The van der Waals surface area contributed by atoms with Crippen LogP contribution in [0.1, 0.15) is 26.3 Å². The topological polar surface area (TPSA) is 37.4 Å². The number of hydrogen-bond acceptors (Lipinski definition) is 4. The summed E-state index contributed by atoms with van der Waals surface area (Å²) in [5.74, 6) is 1.78. The van der Waals surface area contributed by atoms with Crippen molar-refractivity contribution in [3.63, 3.8) is 0 Å². The van der Waals surface area contributed by atoms with Crippen molar-refractivity contribution < 1.29 is 4.74 Å². The maximum atomic E-state index is 5.27. The Morgan fingerprint density at radius 1 is 1.29 bits per heavy atom. The average Bonchev–Trinajstić information content (AvgIpc) is 2.50. The number of rotatable bonds is 6. The molecule has 4 nitrogen and oxygen atoms in total. The van der Waals surface area contributed by atoms with Gasteiger partial charge in [0.15, 0.2) is 0 Å². The van der Waals surface area contributed by atoms with E-state index >= 15 is 0 Å². The number of fused-ring (bicyclic) bond motifs is 1. The fourth-order valence-corrected chi connectivity index (χ4v) is 2.53. The van der Waals surface area contributed by atoms with Crippen LogP contribution in [0, 0.1) is 0 Å². The summed E-state index contributed by atoms with van der Waals surface area (Å²) < 4.78 is 5.27. The summed E-state index contributed by atoms with van der Waals surface area (Å²) in [6.07, 6.45) is 0. The molecule has 1 heterocycles. The Morgan fingerprint density at radius 2 is 2.05 bits per heavy atom. The van der Waals surface area contributed by atoms with Crippen molar-refractivity contribution in [2.24, 2.45) is 0 Å². The first kappa shape index (κ1) is 15.6. The minimum absolute atomic E-state index is 0.520. The van der Waals surface area contributed by atoms with Crippen molar-refractivity contribution in [1.29, 1.82) is 0 Å². The summed E-state index contributed by atoms with van der Waals surface area (Å²) in [5.41, 5.74) is 2.18. The molecular formula is C17H25N3O. The lowest BCUT2D eigenvalue weighted by atomic mass is 10.1. The van der Waals surface area contributed by atoms with Gasteiger partial charge in [-0.1, -0.05) is 6.92 Å². The Balaban J connectivity index is 2.43. The van der Waals surface area contributed by atoms with Crippen LogP contribution in [0.4, 0.5) is 5.82 Å². The van der Waals surface area contributed by atoms with Gasteiger partial charge in [0.05, 0.1) is 12.6 Å². The van der Waals surface area contributed by atoms with Gasteiger partial charge in [-0.25, -0.2) is 4.98 Å². The Hall–Kier alpha value is -1.81. The quantitative estimate of drug-likeness (QED) is 0.882. The second-order valence-corrected chi connectivity index (χ2v) is 5.46. The van der Waals surface area contributed by atoms with Crippen molar-refractivity contribution in [2.45, 2.75) is 33.4 Å². The average molecular weight is 287 g/mol. The van der Waals surface area contributed by atoms with Gasteiger partial charge < -0.3 is 10.1 Å². The van der Waals surface area contributed by atoms with Crippen molar-refractivity contribution in [2.75, 3.05) is 26.0 Å². The van der Waals surface area contributed by atoms with E-state index in [1.54, 1.807) is 7.11 Å². The largest absolute Gasteiger partial charge is 0.497 e. The Morgan fingerprint density at radius 3 is 2.62 bits per heavy atom. The fourth-order valence-electron chi connectivity index (χ4n) is 2.53. The highest BCUT2D eigenvalue weighted by Crippen LogP contribution is 2.25. The molecule has 1 aromatic heterocycles. The third-order valence-electron chi connectivity index (χ3n) is 3.85. The predicted octanol–water partition coefficient (Wildman–Crippen LogP) is 3.52. The van der Waals surface area contributed by atoms with Crippen molar-refractivity contribution >= 4 is 16.7 Å². The summed E-state index contributed by atoms with van der Waals surface area (Å²) in [4.78, 5) is 7.15. The maximum absolute atomic E-state index is 5.27. The lowest BCUT2D eigenvalue weighted by Crippen LogP contribution is -2.30. The van der Waals surface area contributed by atoms with Gasteiger partial charge in [-0.05, 0) is 38.6 Å². The highest BCUT2D eigenvalue weighted by atomic mass is 16.5. The summed E-state index contributed by atoms with van der Waals surface area (Å²) >= 11 is 0. The fraction of sp³-hybridized carbons (Fsp3) is 0.471. The molecule has 2 aromatic rings. The number of nitrogens with one attached hydrogen (secondary N) is 1. The van der Waals surface area contributed by atoms with Crippen LogP contribution in [0.25, 0.3) is 10.9 Å². The first-order valence-corrected chi connectivity index (χ1v) is 7.48. The predicted molar refractivity (Wildman–Crippen MR) is 89.1 cm³/mol. The molecule has 114 valence electrons. The van der Waals surface area contributed by atoms with Gasteiger partial charge in [0.2, 0.25) is 0 Å². The van der Waals surface area contributed by atoms with Crippen molar-refractivity contribution in [1.82, 2.24) is 9.88 Å². The normalized spacial score (nSPS) is 11.4. The lowest BCUT2D eigenvalue weighted by molar-refractivity contribution is 0.225. The van der Waals surface area contributed by atoms with E-state index in [9.17, 15) is 0 Å². The van der Waals surface area contributed by atoms with Gasteiger partial charge in [-0.15, -0.1) is 0 Å². The van der Waals surface area contributed by atoms with Crippen molar-refractivity contribution in [3.05, 3.63) is 29.8 Å². The minimum Gasteiger partial charge on any atom is -0.497 e. The van der Waals surface area contributed by atoms with Crippen LogP contribution in [0.3, 0.4) is 0 Å². The van der Waals surface area contributed by atoms with E-state index in [4.69, 9.17) is 9.72 Å². The van der Waals surface area contributed by atoms with Crippen LogP contribution >= 0.6 is 0 Å². The molecule has 1 N–H and O–H groups in total. The van der Waals surface area contributed by atoms with Gasteiger partial charge >= 0.3 is 0 Å². The molecular weight excluding hydrogens is 262 g/mol. The van der Waals surface area contributed by atoms with E-state index in [2.05, 4.69) is 43.1 Å². The number of aromatic nitrogens is 1. The summed E-state index contributed by atoms with van der Waals surface area (Å²) in [6.45, 7) is 8.57. The number of benzene rings is 1. The summed E-state index contributed by atoms with van der Waals surface area (Å²) in [6, 6.07) is 8.76. The van der Waals surface area contributed by atoms with E-state index in [1.165, 1.54) is 5.56 Å². The van der Waals surface area contributed by atoms with Gasteiger partial charge in [0.1, 0.15) is 11.6 Å². The van der Waals surface area contributed by atoms with Crippen LogP contribution in [-0.4, -0.2) is 36.6 Å². The maximum Gasteiger partial charge on any atom is 0.130 e. The molecule has 0 bridgehead atoms. The molecule has 0 aliphatic carbocycles. The lowest BCUT2D eigenvalue weighted by Gasteiger charge is -2.25. The Kier molecular flexibility index (Phi) is 5.02. The number of nitrogens with zero attached hydrogens (tertiary/aromatic N) is 2. The molecule has 2 rings (SSSR count). The zero-order valence-electron chi connectivity index (χ0n) is 13.6. The van der Waals surface area contributed by atoms with Crippen LogP contribution in [0.15, 0.2) is 24.3 Å². The number of hydrogen-bond donors (Lipinski definition) is 1. The smallest absolute Gasteiger partial charge is 0.130 e. The molecule has 0 aliphatic rings. The number of pyridine rings is 1. The Bertz CT molecular complexity index is 610. The molecule has 0 radical (unpaired) electrons. The first-order chi connectivity index (χ1) is 10.1. The van der Waals surface area contributed by atoms with Gasteiger partial charge in [0, 0.05) is 36.7 Å². The third-order valence-corrected chi connectivity index (χ3v) is 3.85. The number of ether oxygens (including phenoxy) is 1. The van der Waals surface area contributed by atoms with Crippen LogP contribution in [0.2, 0.25) is 0 Å². The molecule has 0 unspecified atom stereocenters. The molecule has 0 amide bonds. The number of methoxy groups -OCH3 is 1. The second-order valence-electron chi connectivity index (χ2n) is 5.46. The molecule has 0 atom stereocenters. The van der Waals surface area contributed by atoms with Crippen LogP contribution in [-0.2, 0) is 6.54 Å². The zero-order valence-corrected chi connectivity index (χ0v) is 13.6. The molecule has 4 heteroatoms. The summed E-state index contributed by atoms with van der Waals surface area (Å²) in [7, 11) is 3.60. The monoisotopic (exact) mass is 287 g/mol. The first-order valence-electron chi connectivity index (χ1n) is 7.48. The number of anilines is 1. The molecule has 0 saturated heterocycles. The molecule has 0 fully saturated rings.